The minimum atomic E-state index is -0.659. The van der Waals surface area contributed by atoms with E-state index in [-0.39, 0.29) is 5.92 Å². The third-order valence-electron chi connectivity index (χ3n) is 1.94. The predicted octanol–water partition coefficient (Wildman–Crippen LogP) is 0.575. The van der Waals surface area contributed by atoms with Crippen molar-refractivity contribution in [2.24, 2.45) is 5.92 Å². The molecule has 1 rings (SSSR count). The highest BCUT2D eigenvalue weighted by Crippen LogP contribution is 2.15. The van der Waals surface area contributed by atoms with E-state index in [1.54, 1.807) is 0 Å². The van der Waals surface area contributed by atoms with Gasteiger partial charge in [-0.15, -0.1) is 0 Å². The lowest BCUT2D eigenvalue weighted by atomic mass is 9.98. The maximum Gasteiger partial charge on any atom is 0.306 e. The molecule has 10 heavy (non-hydrogen) atoms. The summed E-state index contributed by atoms with van der Waals surface area (Å²) in [5.41, 5.74) is 0. The summed E-state index contributed by atoms with van der Waals surface area (Å²) in [7, 11) is 3.73. The summed E-state index contributed by atoms with van der Waals surface area (Å²) in [6.07, 6.45) is 1.50. The first kappa shape index (κ1) is 7.54. The number of piperidine rings is 1. The number of rotatable bonds is 1. The van der Waals surface area contributed by atoms with Crippen molar-refractivity contribution in [1.29, 1.82) is 0 Å². The second-order valence-corrected chi connectivity index (χ2v) is 2.73. The van der Waals surface area contributed by atoms with Crippen LogP contribution in [-0.4, -0.2) is 29.1 Å². The SMILES string of the molecule is [CH2-]N1CCC(C(=O)O)CC1. The number of aliphatic carboxylic acids is 1. The first-order valence-corrected chi connectivity index (χ1v) is 3.48. The maximum absolute atomic E-state index is 10.4. The third-order valence-corrected chi connectivity index (χ3v) is 1.94. The molecule has 0 unspecified atom stereocenters. The summed E-state index contributed by atoms with van der Waals surface area (Å²) in [5, 5.41) is 8.59. The molecule has 0 aromatic rings. The quantitative estimate of drug-likeness (QED) is 0.544. The van der Waals surface area contributed by atoms with E-state index in [4.69, 9.17) is 5.11 Å². The van der Waals surface area contributed by atoms with Gasteiger partial charge in [-0.1, -0.05) is 0 Å². The van der Waals surface area contributed by atoms with E-state index in [0.717, 1.165) is 25.9 Å². The van der Waals surface area contributed by atoms with Crippen LogP contribution in [0.3, 0.4) is 0 Å². The maximum atomic E-state index is 10.4. The van der Waals surface area contributed by atoms with Crippen LogP contribution in [0.1, 0.15) is 12.8 Å². The summed E-state index contributed by atoms with van der Waals surface area (Å²) >= 11 is 0. The highest BCUT2D eigenvalue weighted by Gasteiger charge is 2.19. The van der Waals surface area contributed by atoms with Crippen molar-refractivity contribution in [3.05, 3.63) is 7.05 Å². The van der Waals surface area contributed by atoms with Crippen molar-refractivity contribution < 1.29 is 9.90 Å². The molecule has 1 aliphatic heterocycles. The van der Waals surface area contributed by atoms with Gasteiger partial charge in [0.15, 0.2) is 0 Å². The number of likely N-dealkylation sites (tertiary alicyclic amines) is 1. The summed E-state index contributed by atoms with van der Waals surface area (Å²) < 4.78 is 0. The Kier molecular flexibility index (Phi) is 2.27. The molecule has 0 aliphatic carbocycles. The van der Waals surface area contributed by atoms with Gasteiger partial charge in [0.05, 0.1) is 5.92 Å². The summed E-state index contributed by atoms with van der Waals surface area (Å²) in [4.78, 5) is 12.3. The van der Waals surface area contributed by atoms with E-state index in [9.17, 15) is 4.79 Å². The van der Waals surface area contributed by atoms with E-state index in [1.165, 1.54) is 0 Å². The second kappa shape index (κ2) is 3.01. The second-order valence-electron chi connectivity index (χ2n) is 2.73. The summed E-state index contributed by atoms with van der Waals surface area (Å²) in [5.74, 6) is -0.786. The van der Waals surface area contributed by atoms with Gasteiger partial charge in [-0.05, 0) is 25.9 Å². The van der Waals surface area contributed by atoms with Crippen LogP contribution in [-0.2, 0) is 4.79 Å². The lowest BCUT2D eigenvalue weighted by molar-refractivity contribution is -0.143. The molecule has 0 radical (unpaired) electrons. The Bertz CT molecular complexity index is 128. The van der Waals surface area contributed by atoms with Gasteiger partial charge in [0.2, 0.25) is 0 Å². The molecule has 1 saturated heterocycles. The molecule has 1 N–H and O–H groups in total. The molecule has 1 aliphatic rings. The van der Waals surface area contributed by atoms with E-state index in [2.05, 4.69) is 7.05 Å². The number of carbonyl (C=O) groups is 1. The van der Waals surface area contributed by atoms with Gasteiger partial charge in [0.1, 0.15) is 0 Å². The van der Waals surface area contributed by atoms with Gasteiger partial charge in [0.25, 0.3) is 0 Å². The van der Waals surface area contributed by atoms with E-state index in [0.29, 0.717) is 0 Å². The monoisotopic (exact) mass is 142 g/mol. The van der Waals surface area contributed by atoms with Crippen molar-refractivity contribution in [3.63, 3.8) is 0 Å². The topological polar surface area (TPSA) is 40.5 Å². The first-order chi connectivity index (χ1) is 4.70. The van der Waals surface area contributed by atoms with Crippen LogP contribution in [0.4, 0.5) is 0 Å². The van der Waals surface area contributed by atoms with E-state index >= 15 is 0 Å². The lowest BCUT2D eigenvalue weighted by Crippen LogP contribution is -2.32. The average Bonchev–Trinajstić information content (AvgIpc) is 1.88. The zero-order valence-electron chi connectivity index (χ0n) is 5.92. The van der Waals surface area contributed by atoms with Crippen LogP contribution in [0.5, 0.6) is 0 Å². The smallest absolute Gasteiger partial charge is 0.306 e. The largest absolute Gasteiger partial charge is 0.481 e. The molecule has 3 nitrogen and oxygen atoms in total. The number of hydrogen-bond donors (Lipinski definition) is 1. The fourth-order valence-electron chi connectivity index (χ4n) is 1.18. The van der Waals surface area contributed by atoms with Crippen molar-refractivity contribution in [2.75, 3.05) is 13.1 Å². The van der Waals surface area contributed by atoms with E-state index in [1.807, 2.05) is 4.90 Å². The predicted molar refractivity (Wildman–Crippen MR) is 37.3 cm³/mol. The normalized spacial score (nSPS) is 22.9. The summed E-state index contributed by atoms with van der Waals surface area (Å²) in [6.45, 7) is 1.63. The molecule has 3 heteroatoms. The Labute approximate surface area is 60.6 Å². The fraction of sp³-hybridized carbons (Fsp3) is 0.714. The van der Waals surface area contributed by atoms with E-state index < -0.39 is 5.97 Å². The highest BCUT2D eigenvalue weighted by molar-refractivity contribution is 5.70. The average molecular weight is 142 g/mol. The van der Waals surface area contributed by atoms with Crippen molar-refractivity contribution in [3.8, 4) is 0 Å². The molecule has 1 fully saturated rings. The Hall–Kier alpha value is -0.570. The van der Waals surface area contributed by atoms with Crippen LogP contribution in [0.25, 0.3) is 0 Å². The fourth-order valence-corrected chi connectivity index (χ4v) is 1.18. The molecular weight excluding hydrogens is 130 g/mol. The molecular formula is C7H12NO2-. The molecule has 1 heterocycles. The Morgan fingerprint density at radius 1 is 1.50 bits per heavy atom. The molecule has 0 atom stereocenters. The van der Waals surface area contributed by atoms with Gasteiger partial charge in [-0.25, -0.2) is 0 Å². The highest BCUT2D eigenvalue weighted by atomic mass is 16.4. The van der Waals surface area contributed by atoms with Gasteiger partial charge in [-0.2, -0.15) is 0 Å². The zero-order valence-corrected chi connectivity index (χ0v) is 5.92. The third kappa shape index (κ3) is 1.70. The summed E-state index contributed by atoms with van der Waals surface area (Å²) in [6, 6.07) is 0. The minimum absolute atomic E-state index is 0.127. The Morgan fingerprint density at radius 3 is 2.40 bits per heavy atom. The number of nitrogens with zero attached hydrogens (tertiary/aromatic N) is 1. The van der Waals surface area contributed by atoms with Crippen LogP contribution >= 0.6 is 0 Å². The first-order valence-electron chi connectivity index (χ1n) is 3.48. The molecule has 0 aromatic heterocycles. The molecule has 0 saturated carbocycles. The zero-order chi connectivity index (χ0) is 7.56. The van der Waals surface area contributed by atoms with Gasteiger partial charge in [-0.3, -0.25) is 11.8 Å². The van der Waals surface area contributed by atoms with Crippen molar-refractivity contribution >= 4 is 5.97 Å². The number of hydrogen-bond acceptors (Lipinski definition) is 2. The van der Waals surface area contributed by atoms with Crippen molar-refractivity contribution in [1.82, 2.24) is 4.90 Å². The van der Waals surface area contributed by atoms with Crippen LogP contribution in [0.15, 0.2) is 0 Å². The van der Waals surface area contributed by atoms with Crippen LogP contribution in [0, 0.1) is 13.0 Å². The van der Waals surface area contributed by atoms with Gasteiger partial charge >= 0.3 is 5.97 Å². The van der Waals surface area contributed by atoms with Crippen molar-refractivity contribution in [2.45, 2.75) is 12.8 Å². The van der Waals surface area contributed by atoms with Crippen LogP contribution < -0.4 is 0 Å². The molecule has 0 amide bonds. The van der Waals surface area contributed by atoms with Gasteiger partial charge in [0, 0.05) is 0 Å². The number of carboxylic acid groups (broad SMARTS) is 1. The Morgan fingerprint density at radius 2 is 2.00 bits per heavy atom. The molecule has 0 aromatic carbocycles. The Balaban J connectivity index is 2.33. The molecule has 0 spiro atoms. The standard InChI is InChI=1S/C7H12NO2/c1-8-4-2-6(3-5-8)7(9)10/h6H,1-5H2,(H,9,10)/q-1. The lowest BCUT2D eigenvalue weighted by Gasteiger charge is -2.32. The molecule has 58 valence electrons. The number of carboxylic acids is 1. The molecule has 0 bridgehead atoms. The van der Waals surface area contributed by atoms with Gasteiger partial charge < -0.3 is 10.0 Å². The van der Waals surface area contributed by atoms with Crippen LogP contribution in [0.2, 0.25) is 0 Å². The minimum Gasteiger partial charge on any atom is -0.481 e.